The highest BCUT2D eigenvalue weighted by Crippen LogP contribution is 2.34. The van der Waals surface area contributed by atoms with E-state index in [-0.39, 0.29) is 17.7 Å². The molecule has 0 unspecified atom stereocenters. The monoisotopic (exact) mass is 572 g/mol. The molecule has 188 valence electrons. The lowest BCUT2D eigenvalue weighted by atomic mass is 9.96. The first-order chi connectivity index (χ1) is 17.8. The first kappa shape index (κ1) is 25.5. The Morgan fingerprint density at radius 3 is 2.62 bits per heavy atom. The summed E-state index contributed by atoms with van der Waals surface area (Å²) in [4.78, 5) is 31.7. The Hall–Kier alpha value is -3.10. The minimum absolute atomic E-state index is 0.189. The van der Waals surface area contributed by atoms with Crippen LogP contribution in [0.4, 0.5) is 0 Å². The van der Waals surface area contributed by atoms with Crippen LogP contribution in [0.15, 0.2) is 80.1 Å². The molecule has 1 atom stereocenters. The van der Waals surface area contributed by atoms with Gasteiger partial charge in [-0.2, -0.15) is 0 Å². The maximum Gasteiger partial charge on any atom is 0.338 e. The number of ether oxygens (including phenoxy) is 1. The van der Waals surface area contributed by atoms with Crippen molar-refractivity contribution in [2.45, 2.75) is 19.9 Å². The lowest BCUT2D eigenvalue weighted by molar-refractivity contribution is -0.139. The predicted octanol–water partition coefficient (Wildman–Crippen LogP) is 6.02. The minimum atomic E-state index is -0.783. The molecule has 5 rings (SSSR count). The molecule has 10 heteroatoms. The Morgan fingerprint density at radius 1 is 1.11 bits per heavy atom. The van der Waals surface area contributed by atoms with E-state index in [1.165, 1.54) is 15.9 Å². The molecule has 0 radical (unpaired) electrons. The van der Waals surface area contributed by atoms with Gasteiger partial charge in [0.2, 0.25) is 0 Å². The number of hydrogen-bond donors (Lipinski definition) is 0. The summed E-state index contributed by atoms with van der Waals surface area (Å²) >= 11 is 19.9. The van der Waals surface area contributed by atoms with E-state index >= 15 is 0 Å². The van der Waals surface area contributed by atoms with E-state index < -0.39 is 12.0 Å². The van der Waals surface area contributed by atoms with Gasteiger partial charge in [0.05, 0.1) is 32.5 Å². The summed E-state index contributed by atoms with van der Waals surface area (Å²) in [5.41, 5.74) is 1.78. The van der Waals surface area contributed by atoms with Gasteiger partial charge >= 0.3 is 5.97 Å². The Balaban J connectivity index is 1.64. The van der Waals surface area contributed by atoms with Crippen LogP contribution in [0.5, 0.6) is 0 Å². The number of benzene rings is 2. The smallest absolute Gasteiger partial charge is 0.338 e. The number of rotatable bonds is 5. The molecule has 0 bridgehead atoms. The number of thiazole rings is 1. The van der Waals surface area contributed by atoms with Gasteiger partial charge in [0, 0.05) is 16.7 Å². The van der Waals surface area contributed by atoms with Gasteiger partial charge in [0.25, 0.3) is 5.56 Å². The van der Waals surface area contributed by atoms with E-state index in [1.54, 1.807) is 68.5 Å². The van der Waals surface area contributed by atoms with Gasteiger partial charge in [0.1, 0.15) is 17.6 Å². The molecule has 3 heterocycles. The maximum atomic E-state index is 13.7. The molecular formula is C27H19Cl3N2O4S. The number of nitrogens with zero attached hydrogens (tertiary/aromatic N) is 2. The van der Waals surface area contributed by atoms with Crippen molar-refractivity contribution in [3.05, 3.63) is 112 Å². The minimum Gasteiger partial charge on any atom is -0.463 e. The Kier molecular flexibility index (Phi) is 7.14. The van der Waals surface area contributed by atoms with Crippen LogP contribution in [0, 0.1) is 0 Å². The Bertz CT molecular complexity index is 1750. The molecule has 0 saturated carbocycles. The Morgan fingerprint density at radius 2 is 1.89 bits per heavy atom. The average molecular weight is 574 g/mol. The fraction of sp³-hybridized carbons (Fsp3) is 0.148. The number of carbonyl (C=O) groups is 1. The molecule has 0 saturated heterocycles. The first-order valence-corrected chi connectivity index (χ1v) is 13.2. The van der Waals surface area contributed by atoms with Crippen LogP contribution in [0.1, 0.15) is 31.2 Å². The van der Waals surface area contributed by atoms with Crippen molar-refractivity contribution in [2.75, 3.05) is 6.61 Å². The largest absolute Gasteiger partial charge is 0.463 e. The fourth-order valence-electron chi connectivity index (χ4n) is 4.15. The van der Waals surface area contributed by atoms with Crippen LogP contribution in [0.25, 0.3) is 17.4 Å². The highest BCUT2D eigenvalue weighted by Gasteiger charge is 2.34. The molecule has 37 heavy (non-hydrogen) atoms. The van der Waals surface area contributed by atoms with E-state index in [1.807, 2.05) is 6.07 Å². The number of hydrogen-bond acceptors (Lipinski definition) is 6. The van der Waals surface area contributed by atoms with Gasteiger partial charge in [-0.15, -0.1) is 0 Å². The van der Waals surface area contributed by atoms with Gasteiger partial charge in [-0.3, -0.25) is 9.36 Å². The summed E-state index contributed by atoms with van der Waals surface area (Å²) in [5.74, 6) is 0.509. The van der Waals surface area contributed by atoms with Gasteiger partial charge in [-0.1, -0.05) is 64.3 Å². The Labute approximate surface area is 230 Å². The number of furan rings is 1. The highest BCUT2D eigenvalue weighted by molar-refractivity contribution is 7.07. The van der Waals surface area contributed by atoms with Crippen molar-refractivity contribution in [2.24, 2.45) is 4.99 Å². The van der Waals surface area contributed by atoms with Crippen molar-refractivity contribution in [1.82, 2.24) is 4.57 Å². The van der Waals surface area contributed by atoms with Crippen LogP contribution in [-0.4, -0.2) is 17.1 Å². The number of fused-ring (bicyclic) bond motifs is 1. The third-order valence-corrected chi connectivity index (χ3v) is 7.89. The summed E-state index contributed by atoms with van der Waals surface area (Å²) in [5, 5.41) is 1.29. The molecule has 1 aliphatic rings. The third kappa shape index (κ3) is 4.80. The maximum absolute atomic E-state index is 13.7. The predicted molar refractivity (Wildman–Crippen MR) is 146 cm³/mol. The summed E-state index contributed by atoms with van der Waals surface area (Å²) in [6, 6.07) is 15.1. The zero-order valence-corrected chi connectivity index (χ0v) is 22.7. The average Bonchev–Trinajstić information content (AvgIpc) is 3.45. The van der Waals surface area contributed by atoms with Gasteiger partial charge in [-0.05, 0) is 55.8 Å². The molecule has 0 N–H and O–H groups in total. The molecule has 4 aromatic rings. The van der Waals surface area contributed by atoms with Crippen molar-refractivity contribution >= 4 is 58.2 Å². The van der Waals surface area contributed by atoms with Crippen molar-refractivity contribution in [1.29, 1.82) is 0 Å². The molecular weight excluding hydrogens is 555 g/mol. The molecule has 0 amide bonds. The van der Waals surface area contributed by atoms with E-state index in [0.29, 0.717) is 47.2 Å². The van der Waals surface area contributed by atoms with Gasteiger partial charge in [0.15, 0.2) is 4.80 Å². The molecule has 2 aromatic carbocycles. The number of aromatic nitrogens is 1. The fourth-order valence-corrected chi connectivity index (χ4v) is 5.71. The lowest BCUT2D eigenvalue weighted by Crippen LogP contribution is -2.40. The van der Waals surface area contributed by atoms with Crippen LogP contribution in [-0.2, 0) is 9.53 Å². The standard InChI is InChI=1S/C27H19Cl3N2O4S/c1-3-35-26(34)23-14(2)31-27-32(24(23)17-6-4-5-7-18(17)28)25(33)22(37-27)13-16-9-11-21(36-16)15-8-10-19(29)20(30)12-15/h4-13,24H,3H2,1-2H3/b22-13-/t24-/m0/s1. The second-order valence-corrected chi connectivity index (χ2v) is 10.4. The SMILES string of the molecule is CCOC(=O)C1=C(C)N=c2s/c(=C\c3ccc(-c4ccc(Cl)c(Cl)c4)o3)c(=O)n2[C@H]1c1ccccc1Cl. The number of esters is 1. The molecule has 0 fully saturated rings. The summed E-state index contributed by atoms with van der Waals surface area (Å²) < 4.78 is 13.2. The summed E-state index contributed by atoms with van der Waals surface area (Å²) in [6.07, 6.45) is 1.65. The van der Waals surface area contributed by atoms with Gasteiger partial charge in [-0.25, -0.2) is 9.79 Å². The van der Waals surface area contributed by atoms with Crippen LogP contribution < -0.4 is 14.9 Å². The van der Waals surface area contributed by atoms with E-state index in [9.17, 15) is 9.59 Å². The number of allylic oxidation sites excluding steroid dienone is 1. The number of carbonyl (C=O) groups excluding carboxylic acids is 1. The van der Waals surface area contributed by atoms with E-state index in [2.05, 4.69) is 4.99 Å². The topological polar surface area (TPSA) is 73.8 Å². The second-order valence-electron chi connectivity index (χ2n) is 8.15. The second kappa shape index (κ2) is 10.3. The first-order valence-electron chi connectivity index (χ1n) is 11.3. The van der Waals surface area contributed by atoms with Gasteiger partial charge < -0.3 is 9.15 Å². The van der Waals surface area contributed by atoms with Crippen molar-refractivity contribution in [3.8, 4) is 11.3 Å². The molecule has 2 aromatic heterocycles. The molecule has 6 nitrogen and oxygen atoms in total. The quantitative estimate of drug-likeness (QED) is 0.274. The van der Waals surface area contributed by atoms with Crippen LogP contribution >= 0.6 is 46.1 Å². The zero-order valence-electron chi connectivity index (χ0n) is 19.6. The summed E-state index contributed by atoms with van der Waals surface area (Å²) in [7, 11) is 0. The normalized spacial score (nSPS) is 15.5. The lowest BCUT2D eigenvalue weighted by Gasteiger charge is -2.25. The van der Waals surface area contributed by atoms with Crippen LogP contribution in [0.2, 0.25) is 15.1 Å². The van der Waals surface area contributed by atoms with E-state index in [4.69, 9.17) is 44.0 Å². The number of halogens is 3. The molecule has 0 spiro atoms. The van der Waals surface area contributed by atoms with E-state index in [0.717, 1.165) is 5.56 Å². The van der Waals surface area contributed by atoms with Crippen LogP contribution in [0.3, 0.4) is 0 Å². The molecule has 0 aliphatic carbocycles. The molecule has 1 aliphatic heterocycles. The zero-order chi connectivity index (χ0) is 26.3. The summed E-state index contributed by atoms with van der Waals surface area (Å²) in [6.45, 7) is 3.64. The highest BCUT2D eigenvalue weighted by atomic mass is 35.5. The van der Waals surface area contributed by atoms with Crippen molar-refractivity contribution in [3.63, 3.8) is 0 Å². The third-order valence-electron chi connectivity index (χ3n) is 5.82. The van der Waals surface area contributed by atoms with Crippen molar-refractivity contribution < 1.29 is 13.9 Å².